The standard InChI is InChI=1S/C13H19ClF3N3O/c1-3-4-5-6-7-18-10(21)8-20-9(2)11(14)12(19-20)13(15,16)17/h3-8H2,1-2H3,(H,18,21). The summed E-state index contributed by atoms with van der Waals surface area (Å²) in [5.41, 5.74) is -1.03. The SMILES string of the molecule is CCCCCCNC(=O)Cn1nc(C(F)(F)F)c(Cl)c1C. The van der Waals surface area contributed by atoms with Gasteiger partial charge in [-0.2, -0.15) is 18.3 Å². The van der Waals surface area contributed by atoms with Crippen LogP contribution in [0.1, 0.15) is 44.0 Å². The molecular weight excluding hydrogens is 307 g/mol. The summed E-state index contributed by atoms with van der Waals surface area (Å²) in [5, 5.41) is 5.58. The lowest BCUT2D eigenvalue weighted by atomic mass is 10.2. The topological polar surface area (TPSA) is 46.9 Å². The zero-order chi connectivity index (χ0) is 16.0. The molecule has 0 spiro atoms. The maximum Gasteiger partial charge on any atom is 0.436 e. The van der Waals surface area contributed by atoms with E-state index in [-0.39, 0.29) is 18.1 Å². The lowest BCUT2D eigenvalue weighted by Crippen LogP contribution is -2.29. The number of hydrogen-bond donors (Lipinski definition) is 1. The second kappa shape index (κ2) is 7.68. The smallest absolute Gasteiger partial charge is 0.354 e. The number of carbonyl (C=O) groups excluding carboxylic acids is 1. The maximum absolute atomic E-state index is 12.6. The lowest BCUT2D eigenvalue weighted by molar-refractivity contribution is -0.141. The number of carbonyl (C=O) groups is 1. The van der Waals surface area contributed by atoms with Crippen LogP contribution in [0.2, 0.25) is 5.02 Å². The fourth-order valence-corrected chi connectivity index (χ4v) is 2.07. The number of unbranched alkanes of at least 4 members (excludes halogenated alkanes) is 3. The van der Waals surface area contributed by atoms with Gasteiger partial charge in [0.2, 0.25) is 5.91 Å². The van der Waals surface area contributed by atoms with E-state index in [2.05, 4.69) is 17.3 Å². The number of aromatic nitrogens is 2. The van der Waals surface area contributed by atoms with E-state index in [0.717, 1.165) is 30.4 Å². The Hall–Kier alpha value is -1.24. The Morgan fingerprint density at radius 1 is 1.33 bits per heavy atom. The molecule has 120 valence electrons. The summed E-state index contributed by atoms with van der Waals surface area (Å²) in [6.07, 6.45) is -0.560. The van der Waals surface area contributed by atoms with Crippen molar-refractivity contribution in [3.05, 3.63) is 16.4 Å². The van der Waals surface area contributed by atoms with Gasteiger partial charge in [-0.05, 0) is 13.3 Å². The highest BCUT2D eigenvalue weighted by Gasteiger charge is 2.38. The molecule has 1 heterocycles. The molecule has 0 aliphatic heterocycles. The van der Waals surface area contributed by atoms with Crippen molar-refractivity contribution < 1.29 is 18.0 Å². The third-order valence-electron chi connectivity index (χ3n) is 3.05. The van der Waals surface area contributed by atoms with Gasteiger partial charge in [-0.25, -0.2) is 0 Å². The normalized spacial score (nSPS) is 11.7. The molecule has 0 radical (unpaired) electrons. The van der Waals surface area contributed by atoms with Gasteiger partial charge in [0, 0.05) is 6.54 Å². The molecule has 8 heteroatoms. The molecule has 21 heavy (non-hydrogen) atoms. The van der Waals surface area contributed by atoms with Crippen molar-refractivity contribution in [2.45, 2.75) is 52.3 Å². The number of alkyl halides is 3. The summed E-state index contributed by atoms with van der Waals surface area (Å²) in [4.78, 5) is 11.7. The van der Waals surface area contributed by atoms with Crippen LogP contribution in [0, 0.1) is 6.92 Å². The minimum absolute atomic E-state index is 0.130. The monoisotopic (exact) mass is 325 g/mol. The summed E-state index contributed by atoms with van der Waals surface area (Å²) in [6, 6.07) is 0. The second-order valence-electron chi connectivity index (χ2n) is 4.81. The molecule has 0 aliphatic rings. The van der Waals surface area contributed by atoms with Gasteiger partial charge in [-0.1, -0.05) is 37.8 Å². The minimum Gasteiger partial charge on any atom is -0.354 e. The summed E-state index contributed by atoms with van der Waals surface area (Å²) < 4.78 is 38.9. The first kappa shape index (κ1) is 17.8. The average molecular weight is 326 g/mol. The van der Waals surface area contributed by atoms with Crippen LogP contribution in [-0.4, -0.2) is 22.2 Å². The van der Waals surface area contributed by atoms with E-state index in [1.54, 1.807) is 0 Å². The number of nitrogens with zero attached hydrogens (tertiary/aromatic N) is 2. The van der Waals surface area contributed by atoms with Crippen LogP contribution in [0.15, 0.2) is 0 Å². The molecule has 0 bridgehead atoms. The van der Waals surface area contributed by atoms with E-state index in [9.17, 15) is 18.0 Å². The molecule has 0 fully saturated rings. The maximum atomic E-state index is 12.6. The molecule has 1 amide bonds. The average Bonchev–Trinajstić information content (AvgIpc) is 2.66. The summed E-state index contributed by atoms with van der Waals surface area (Å²) in [6.45, 7) is 3.73. The Morgan fingerprint density at radius 2 is 2.00 bits per heavy atom. The zero-order valence-electron chi connectivity index (χ0n) is 12.1. The number of rotatable bonds is 7. The molecule has 1 aromatic heterocycles. The van der Waals surface area contributed by atoms with Gasteiger partial charge < -0.3 is 5.32 Å². The molecule has 0 aliphatic carbocycles. The van der Waals surface area contributed by atoms with E-state index in [1.165, 1.54) is 6.92 Å². The van der Waals surface area contributed by atoms with Crippen molar-refractivity contribution in [1.82, 2.24) is 15.1 Å². The number of halogens is 4. The molecule has 0 unspecified atom stereocenters. The number of nitrogens with one attached hydrogen (secondary N) is 1. The van der Waals surface area contributed by atoms with Gasteiger partial charge in [0.05, 0.1) is 10.7 Å². The minimum atomic E-state index is -4.62. The third kappa shape index (κ3) is 5.22. The van der Waals surface area contributed by atoms with Gasteiger partial charge in [0.1, 0.15) is 6.54 Å². The van der Waals surface area contributed by atoms with Gasteiger partial charge in [-0.15, -0.1) is 0 Å². The van der Waals surface area contributed by atoms with E-state index in [4.69, 9.17) is 11.6 Å². The third-order valence-corrected chi connectivity index (χ3v) is 3.50. The van der Waals surface area contributed by atoms with Crippen LogP contribution in [0.3, 0.4) is 0 Å². The molecule has 0 saturated carbocycles. The molecule has 1 aromatic rings. The van der Waals surface area contributed by atoms with Crippen LogP contribution in [0.25, 0.3) is 0 Å². The van der Waals surface area contributed by atoms with E-state index in [0.29, 0.717) is 6.54 Å². The van der Waals surface area contributed by atoms with Crippen molar-refractivity contribution in [3.8, 4) is 0 Å². The van der Waals surface area contributed by atoms with Crippen LogP contribution < -0.4 is 5.32 Å². The number of hydrogen-bond acceptors (Lipinski definition) is 2. The Labute approximate surface area is 126 Å². The Bertz CT molecular complexity index is 486. The molecule has 4 nitrogen and oxygen atoms in total. The van der Waals surface area contributed by atoms with Gasteiger partial charge in [0.25, 0.3) is 0 Å². The van der Waals surface area contributed by atoms with Gasteiger partial charge in [0.15, 0.2) is 5.69 Å². The van der Waals surface area contributed by atoms with Crippen molar-refractivity contribution in [1.29, 1.82) is 0 Å². The van der Waals surface area contributed by atoms with E-state index in [1.807, 2.05) is 0 Å². The predicted molar refractivity (Wildman–Crippen MR) is 74.1 cm³/mol. The Kier molecular flexibility index (Phi) is 6.51. The summed E-state index contributed by atoms with van der Waals surface area (Å²) >= 11 is 5.61. The number of amides is 1. The predicted octanol–water partition coefficient (Wildman–Crippen LogP) is 3.56. The lowest BCUT2D eigenvalue weighted by Gasteiger charge is -2.06. The van der Waals surface area contributed by atoms with E-state index >= 15 is 0 Å². The van der Waals surface area contributed by atoms with Crippen molar-refractivity contribution in [2.24, 2.45) is 0 Å². The van der Waals surface area contributed by atoms with Crippen molar-refractivity contribution in [2.75, 3.05) is 6.54 Å². The van der Waals surface area contributed by atoms with Gasteiger partial charge in [-0.3, -0.25) is 9.48 Å². The Morgan fingerprint density at radius 3 is 2.52 bits per heavy atom. The van der Waals surface area contributed by atoms with Crippen LogP contribution >= 0.6 is 11.6 Å². The molecule has 1 rings (SSSR count). The fraction of sp³-hybridized carbons (Fsp3) is 0.692. The van der Waals surface area contributed by atoms with Gasteiger partial charge >= 0.3 is 6.18 Å². The molecular formula is C13H19ClF3N3O. The van der Waals surface area contributed by atoms with E-state index < -0.39 is 16.9 Å². The van der Waals surface area contributed by atoms with Crippen LogP contribution in [0.5, 0.6) is 0 Å². The molecule has 0 atom stereocenters. The molecule has 1 N–H and O–H groups in total. The summed E-state index contributed by atoms with van der Waals surface area (Å²) in [5.74, 6) is -0.373. The summed E-state index contributed by atoms with van der Waals surface area (Å²) in [7, 11) is 0. The highest BCUT2D eigenvalue weighted by Crippen LogP contribution is 2.35. The molecule has 0 saturated heterocycles. The highest BCUT2D eigenvalue weighted by atomic mass is 35.5. The fourth-order valence-electron chi connectivity index (χ4n) is 1.83. The molecule has 0 aromatic carbocycles. The first-order valence-electron chi connectivity index (χ1n) is 6.84. The Balaban J connectivity index is 2.57. The highest BCUT2D eigenvalue weighted by molar-refractivity contribution is 6.32. The first-order chi connectivity index (χ1) is 9.77. The zero-order valence-corrected chi connectivity index (χ0v) is 12.8. The van der Waals surface area contributed by atoms with Crippen molar-refractivity contribution >= 4 is 17.5 Å². The largest absolute Gasteiger partial charge is 0.436 e. The van der Waals surface area contributed by atoms with Crippen LogP contribution in [-0.2, 0) is 17.5 Å². The van der Waals surface area contributed by atoms with Crippen LogP contribution in [0.4, 0.5) is 13.2 Å². The second-order valence-corrected chi connectivity index (χ2v) is 5.19. The first-order valence-corrected chi connectivity index (χ1v) is 7.22. The van der Waals surface area contributed by atoms with Crippen molar-refractivity contribution in [3.63, 3.8) is 0 Å². The quantitative estimate of drug-likeness (QED) is 0.779.